The van der Waals surface area contributed by atoms with Gasteiger partial charge in [0.2, 0.25) is 0 Å². The largest absolute Gasteiger partial charge is 0.365 e. The minimum atomic E-state index is -0.285. The molecule has 0 radical (unpaired) electrons. The molecular weight excluding hydrogens is 396 g/mol. The van der Waals surface area contributed by atoms with E-state index in [1.807, 2.05) is 84.7 Å². The van der Waals surface area contributed by atoms with Crippen LogP contribution in [-0.2, 0) is 22.7 Å². The molecular formula is C25H21ClN2O2. The topological polar surface area (TPSA) is 40.6 Å². The van der Waals surface area contributed by atoms with Crippen LogP contribution in [0, 0.1) is 0 Å². The normalized spacial score (nSPS) is 13.9. The molecule has 0 spiro atoms. The van der Waals surface area contributed by atoms with Gasteiger partial charge in [0.05, 0.1) is 12.1 Å². The molecule has 4 rings (SSSR count). The average Bonchev–Trinajstić information content (AvgIpc) is 3.01. The van der Waals surface area contributed by atoms with E-state index < -0.39 is 0 Å². The minimum absolute atomic E-state index is 0.202. The molecule has 1 heterocycles. The number of likely N-dealkylation sites (N-methyl/N-ethyl adjacent to an activating group) is 1. The minimum Gasteiger partial charge on any atom is -0.365 e. The molecule has 0 fully saturated rings. The van der Waals surface area contributed by atoms with Crippen LogP contribution in [0.25, 0.3) is 5.57 Å². The summed E-state index contributed by atoms with van der Waals surface area (Å²) in [5.74, 6) is -0.566. The van der Waals surface area contributed by atoms with E-state index in [0.717, 1.165) is 16.7 Å². The fraction of sp³-hybridized carbons (Fsp3) is 0.120. The summed E-state index contributed by atoms with van der Waals surface area (Å²) in [5.41, 5.74) is 3.51. The summed E-state index contributed by atoms with van der Waals surface area (Å²) in [6.07, 6.45) is 0. The molecule has 1 aliphatic rings. The maximum Gasteiger partial charge on any atom is 0.278 e. The van der Waals surface area contributed by atoms with Gasteiger partial charge in [-0.3, -0.25) is 14.5 Å². The van der Waals surface area contributed by atoms with E-state index in [9.17, 15) is 9.59 Å². The van der Waals surface area contributed by atoms with Crippen molar-refractivity contribution in [2.24, 2.45) is 0 Å². The molecule has 30 heavy (non-hydrogen) atoms. The zero-order chi connectivity index (χ0) is 21.1. The second kappa shape index (κ2) is 8.56. The molecule has 0 N–H and O–H groups in total. The molecule has 0 aliphatic carbocycles. The van der Waals surface area contributed by atoms with Crippen LogP contribution < -0.4 is 0 Å². The number of benzene rings is 3. The van der Waals surface area contributed by atoms with Crippen molar-refractivity contribution in [1.29, 1.82) is 0 Å². The highest BCUT2D eigenvalue weighted by Gasteiger charge is 2.40. The summed E-state index contributed by atoms with van der Waals surface area (Å²) < 4.78 is 0. The van der Waals surface area contributed by atoms with Gasteiger partial charge >= 0.3 is 0 Å². The van der Waals surface area contributed by atoms with Crippen molar-refractivity contribution in [2.75, 3.05) is 7.05 Å². The van der Waals surface area contributed by atoms with Crippen LogP contribution >= 0.6 is 11.6 Å². The second-order valence-electron chi connectivity index (χ2n) is 7.25. The quantitative estimate of drug-likeness (QED) is 0.544. The highest BCUT2D eigenvalue weighted by Crippen LogP contribution is 2.32. The summed E-state index contributed by atoms with van der Waals surface area (Å²) in [7, 11) is 1.85. The Bertz CT molecular complexity index is 1090. The lowest BCUT2D eigenvalue weighted by Crippen LogP contribution is -2.33. The fourth-order valence-electron chi connectivity index (χ4n) is 3.63. The van der Waals surface area contributed by atoms with Gasteiger partial charge in [-0.05, 0) is 28.8 Å². The lowest BCUT2D eigenvalue weighted by atomic mass is 10.0. The first-order chi connectivity index (χ1) is 14.5. The molecule has 1 aliphatic heterocycles. The third-order valence-electron chi connectivity index (χ3n) is 5.10. The molecule has 3 aromatic carbocycles. The molecule has 150 valence electrons. The first-order valence-corrected chi connectivity index (χ1v) is 10.1. The van der Waals surface area contributed by atoms with E-state index in [1.165, 1.54) is 4.90 Å². The molecule has 2 amide bonds. The van der Waals surface area contributed by atoms with Gasteiger partial charge in [0.1, 0.15) is 5.70 Å². The number of halogens is 1. The number of hydrogen-bond donors (Lipinski definition) is 0. The van der Waals surface area contributed by atoms with Crippen LogP contribution in [0.5, 0.6) is 0 Å². The van der Waals surface area contributed by atoms with E-state index in [-0.39, 0.29) is 18.4 Å². The standard InChI is InChI=1S/C25H21ClN2O2/c1-27(16-18-8-4-2-5-9-18)23-22(20-10-6-3-7-11-20)24(29)28(25(23)30)17-19-12-14-21(26)15-13-19/h2-15H,16-17H2,1H3. The van der Waals surface area contributed by atoms with Gasteiger partial charge in [-0.15, -0.1) is 0 Å². The average molecular weight is 417 g/mol. The molecule has 0 atom stereocenters. The van der Waals surface area contributed by atoms with Crippen LogP contribution in [-0.4, -0.2) is 28.7 Å². The van der Waals surface area contributed by atoms with Crippen molar-refractivity contribution >= 4 is 29.0 Å². The Morgan fingerprint density at radius 1 is 0.767 bits per heavy atom. The number of nitrogens with zero attached hydrogens (tertiary/aromatic N) is 2. The number of carbonyl (C=O) groups is 2. The van der Waals surface area contributed by atoms with E-state index in [1.54, 1.807) is 12.1 Å². The highest BCUT2D eigenvalue weighted by atomic mass is 35.5. The van der Waals surface area contributed by atoms with Crippen molar-refractivity contribution in [3.8, 4) is 0 Å². The van der Waals surface area contributed by atoms with E-state index in [4.69, 9.17) is 11.6 Å². The van der Waals surface area contributed by atoms with Gasteiger partial charge in [-0.25, -0.2) is 0 Å². The number of imide groups is 1. The Morgan fingerprint density at radius 3 is 2.00 bits per heavy atom. The Kier molecular flexibility index (Phi) is 5.68. The lowest BCUT2D eigenvalue weighted by Gasteiger charge is -2.21. The molecule has 0 saturated heterocycles. The van der Waals surface area contributed by atoms with Crippen molar-refractivity contribution in [1.82, 2.24) is 9.80 Å². The zero-order valence-corrected chi connectivity index (χ0v) is 17.3. The smallest absolute Gasteiger partial charge is 0.278 e. The third kappa shape index (κ3) is 4.00. The number of rotatable bonds is 6. The number of carbonyl (C=O) groups excluding carboxylic acids is 2. The predicted octanol–water partition coefficient (Wildman–Crippen LogP) is 4.75. The van der Waals surface area contributed by atoms with Gasteiger partial charge in [-0.1, -0.05) is 84.4 Å². The third-order valence-corrected chi connectivity index (χ3v) is 5.36. The van der Waals surface area contributed by atoms with Crippen LogP contribution in [0.3, 0.4) is 0 Å². The summed E-state index contributed by atoms with van der Waals surface area (Å²) in [6.45, 7) is 0.730. The Labute approximate surface area is 181 Å². The van der Waals surface area contributed by atoms with Crippen LogP contribution in [0.15, 0.2) is 90.6 Å². The van der Waals surface area contributed by atoms with Crippen molar-refractivity contribution in [2.45, 2.75) is 13.1 Å². The van der Waals surface area contributed by atoms with Gasteiger partial charge in [-0.2, -0.15) is 0 Å². The van der Waals surface area contributed by atoms with Gasteiger partial charge in [0, 0.05) is 18.6 Å². The molecule has 4 nitrogen and oxygen atoms in total. The summed E-state index contributed by atoms with van der Waals surface area (Å²) in [4.78, 5) is 29.9. The van der Waals surface area contributed by atoms with Gasteiger partial charge in [0.15, 0.2) is 0 Å². The molecule has 0 saturated carbocycles. The maximum atomic E-state index is 13.4. The molecule has 3 aromatic rings. The second-order valence-corrected chi connectivity index (χ2v) is 7.69. The highest BCUT2D eigenvalue weighted by molar-refractivity contribution is 6.35. The monoisotopic (exact) mass is 416 g/mol. The number of hydrogen-bond acceptors (Lipinski definition) is 3. The summed E-state index contributed by atoms with van der Waals surface area (Å²) in [6, 6.07) is 26.4. The Balaban J connectivity index is 1.70. The number of amides is 2. The molecule has 0 unspecified atom stereocenters. The van der Waals surface area contributed by atoms with Crippen molar-refractivity contribution in [3.05, 3.63) is 112 Å². The Morgan fingerprint density at radius 2 is 1.37 bits per heavy atom. The zero-order valence-electron chi connectivity index (χ0n) is 16.6. The summed E-state index contributed by atoms with van der Waals surface area (Å²) >= 11 is 5.97. The van der Waals surface area contributed by atoms with E-state index in [0.29, 0.717) is 22.8 Å². The lowest BCUT2D eigenvalue weighted by molar-refractivity contribution is -0.138. The first-order valence-electron chi connectivity index (χ1n) is 9.70. The predicted molar refractivity (Wildman–Crippen MR) is 118 cm³/mol. The molecule has 0 bridgehead atoms. The summed E-state index contributed by atoms with van der Waals surface area (Å²) in [5, 5.41) is 0.615. The van der Waals surface area contributed by atoms with E-state index in [2.05, 4.69) is 0 Å². The molecule has 0 aromatic heterocycles. The Hall–Kier alpha value is -3.37. The van der Waals surface area contributed by atoms with Gasteiger partial charge < -0.3 is 4.90 Å². The van der Waals surface area contributed by atoms with Crippen molar-refractivity contribution in [3.63, 3.8) is 0 Å². The van der Waals surface area contributed by atoms with Gasteiger partial charge in [0.25, 0.3) is 11.8 Å². The van der Waals surface area contributed by atoms with Crippen molar-refractivity contribution < 1.29 is 9.59 Å². The maximum absolute atomic E-state index is 13.4. The van der Waals surface area contributed by atoms with Crippen LogP contribution in [0.2, 0.25) is 5.02 Å². The fourth-order valence-corrected chi connectivity index (χ4v) is 3.76. The first kappa shape index (κ1) is 19.9. The van der Waals surface area contributed by atoms with Crippen LogP contribution in [0.1, 0.15) is 16.7 Å². The van der Waals surface area contributed by atoms with Crippen LogP contribution in [0.4, 0.5) is 0 Å². The SMILES string of the molecule is CN(Cc1ccccc1)C1=C(c2ccccc2)C(=O)N(Cc2ccc(Cl)cc2)C1=O. The van der Waals surface area contributed by atoms with E-state index >= 15 is 0 Å². The molecule has 5 heteroatoms.